The summed E-state index contributed by atoms with van der Waals surface area (Å²) in [4.78, 5) is 13.8. The quantitative estimate of drug-likeness (QED) is 0.654. The van der Waals surface area contributed by atoms with E-state index in [9.17, 15) is 4.79 Å². The summed E-state index contributed by atoms with van der Waals surface area (Å²) in [6.45, 7) is 0.864. The van der Waals surface area contributed by atoms with Crippen LogP contribution in [0.25, 0.3) is 0 Å². The van der Waals surface area contributed by atoms with Crippen molar-refractivity contribution in [2.75, 3.05) is 11.4 Å². The molecule has 1 saturated carbocycles. The third-order valence-corrected chi connectivity index (χ3v) is 3.01. The largest absolute Gasteiger partial charge is 0.312 e. The van der Waals surface area contributed by atoms with Crippen LogP contribution < -0.4 is 4.90 Å². The van der Waals surface area contributed by atoms with Gasteiger partial charge in [0.2, 0.25) is 5.91 Å². The molecule has 0 atom stereocenters. The molecule has 2 heteroatoms. The molecule has 2 nitrogen and oxygen atoms in total. The Morgan fingerprint density at radius 3 is 3.14 bits per heavy atom. The Morgan fingerprint density at radius 1 is 1.50 bits per heavy atom. The number of rotatable bonds is 1. The van der Waals surface area contributed by atoms with E-state index in [0.717, 1.165) is 31.5 Å². The first-order valence-corrected chi connectivity index (χ1v) is 5.16. The molecular weight excluding hydrogens is 174 g/mol. The lowest BCUT2D eigenvalue weighted by atomic mass is 10.2. The van der Waals surface area contributed by atoms with Gasteiger partial charge in [-0.25, -0.2) is 0 Å². The molecule has 1 heterocycles. The van der Waals surface area contributed by atoms with Gasteiger partial charge in [-0.05, 0) is 43.0 Å². The Morgan fingerprint density at radius 2 is 2.36 bits per heavy atom. The van der Waals surface area contributed by atoms with Gasteiger partial charge in [-0.2, -0.15) is 0 Å². The van der Waals surface area contributed by atoms with Crippen molar-refractivity contribution in [2.45, 2.75) is 19.3 Å². The number of hydrogen-bond acceptors (Lipinski definition) is 1. The molecule has 71 valence electrons. The van der Waals surface area contributed by atoms with Gasteiger partial charge in [-0.1, -0.05) is 6.07 Å². The predicted octanol–water partition coefficient (Wildman–Crippen LogP) is 1.79. The molecule has 3 rings (SSSR count). The van der Waals surface area contributed by atoms with Crippen molar-refractivity contribution in [1.29, 1.82) is 0 Å². The SMILES string of the molecule is O=C(C1CC1)N1CCc2c[c]ccc21. The molecule has 1 fully saturated rings. The number of amides is 1. The fourth-order valence-electron chi connectivity index (χ4n) is 2.05. The third-order valence-electron chi connectivity index (χ3n) is 3.01. The second-order valence-electron chi connectivity index (χ2n) is 4.07. The fraction of sp³-hybridized carbons (Fsp3) is 0.417. The molecule has 1 aliphatic heterocycles. The van der Waals surface area contributed by atoms with Gasteiger partial charge in [-0.15, -0.1) is 0 Å². The molecule has 0 N–H and O–H groups in total. The van der Waals surface area contributed by atoms with Crippen LogP contribution in [0.5, 0.6) is 0 Å². The minimum atomic E-state index is 0.324. The highest BCUT2D eigenvalue weighted by atomic mass is 16.2. The fourth-order valence-corrected chi connectivity index (χ4v) is 2.05. The summed E-state index contributed by atoms with van der Waals surface area (Å²) in [6.07, 6.45) is 3.17. The van der Waals surface area contributed by atoms with Crippen LogP contribution in [0.15, 0.2) is 18.2 Å². The molecule has 14 heavy (non-hydrogen) atoms. The second kappa shape index (κ2) is 2.84. The number of benzene rings is 1. The van der Waals surface area contributed by atoms with E-state index < -0.39 is 0 Å². The molecule has 0 bridgehead atoms. The van der Waals surface area contributed by atoms with Gasteiger partial charge in [0.05, 0.1) is 0 Å². The third kappa shape index (κ3) is 1.14. The highest BCUT2D eigenvalue weighted by Gasteiger charge is 2.36. The zero-order valence-corrected chi connectivity index (χ0v) is 7.99. The van der Waals surface area contributed by atoms with Gasteiger partial charge in [-0.3, -0.25) is 4.79 Å². The number of carbonyl (C=O) groups is 1. The molecule has 2 aliphatic rings. The van der Waals surface area contributed by atoms with Gasteiger partial charge in [0, 0.05) is 18.2 Å². The number of hydrogen-bond donors (Lipinski definition) is 0. The van der Waals surface area contributed by atoms with Crippen LogP contribution in [-0.4, -0.2) is 12.5 Å². The molecule has 0 unspecified atom stereocenters. The van der Waals surface area contributed by atoms with Crippen molar-refractivity contribution in [1.82, 2.24) is 0 Å². The van der Waals surface area contributed by atoms with Crippen LogP contribution in [0, 0.1) is 12.0 Å². The van der Waals surface area contributed by atoms with Gasteiger partial charge < -0.3 is 4.90 Å². The van der Waals surface area contributed by atoms with E-state index in [1.807, 2.05) is 23.1 Å². The maximum atomic E-state index is 11.9. The summed E-state index contributed by atoms with van der Waals surface area (Å²) in [5, 5.41) is 0. The van der Waals surface area contributed by atoms with Crippen LogP contribution in [0.4, 0.5) is 5.69 Å². The monoisotopic (exact) mass is 186 g/mol. The first-order valence-electron chi connectivity index (χ1n) is 5.16. The normalized spacial score (nSPS) is 19.6. The first kappa shape index (κ1) is 8.04. The minimum Gasteiger partial charge on any atom is -0.312 e. The second-order valence-corrected chi connectivity index (χ2v) is 4.07. The van der Waals surface area contributed by atoms with Crippen molar-refractivity contribution in [3.63, 3.8) is 0 Å². The topological polar surface area (TPSA) is 20.3 Å². The molecule has 1 aromatic rings. The van der Waals surface area contributed by atoms with Crippen molar-refractivity contribution in [3.8, 4) is 0 Å². The van der Waals surface area contributed by atoms with Gasteiger partial charge >= 0.3 is 0 Å². The Kier molecular flexibility index (Phi) is 1.63. The van der Waals surface area contributed by atoms with Gasteiger partial charge in [0.1, 0.15) is 0 Å². The van der Waals surface area contributed by atoms with Crippen LogP contribution in [-0.2, 0) is 11.2 Å². The Balaban J connectivity index is 1.93. The minimum absolute atomic E-state index is 0.324. The highest BCUT2D eigenvalue weighted by Crippen LogP contribution is 2.36. The van der Waals surface area contributed by atoms with Gasteiger partial charge in [0.15, 0.2) is 0 Å². The summed E-state index contributed by atoms with van der Waals surface area (Å²) in [5.74, 6) is 0.653. The Hall–Kier alpha value is -1.31. The smallest absolute Gasteiger partial charge is 0.230 e. The molecule has 0 aromatic heterocycles. The lowest BCUT2D eigenvalue weighted by Gasteiger charge is -2.16. The molecule has 0 spiro atoms. The Labute approximate surface area is 83.5 Å². The lowest BCUT2D eigenvalue weighted by molar-refractivity contribution is -0.119. The number of carbonyl (C=O) groups excluding carboxylic acids is 1. The lowest BCUT2D eigenvalue weighted by Crippen LogP contribution is -2.30. The molecule has 1 radical (unpaired) electrons. The standard InChI is InChI=1S/C12H12NO/c14-12(10-5-6-10)13-8-7-9-3-1-2-4-11(9)13/h2-4,10H,5-8H2. The summed E-state index contributed by atoms with van der Waals surface area (Å²) in [7, 11) is 0. The number of fused-ring (bicyclic) bond motifs is 1. The Bertz CT molecular complexity index is 382. The van der Waals surface area contributed by atoms with E-state index in [2.05, 4.69) is 6.07 Å². The number of nitrogens with zero attached hydrogens (tertiary/aromatic N) is 1. The average molecular weight is 186 g/mol. The van der Waals surface area contributed by atoms with E-state index in [4.69, 9.17) is 0 Å². The summed E-state index contributed by atoms with van der Waals surface area (Å²) in [6, 6.07) is 8.94. The van der Waals surface area contributed by atoms with E-state index in [1.54, 1.807) is 0 Å². The molecule has 0 saturated heterocycles. The van der Waals surface area contributed by atoms with E-state index in [-0.39, 0.29) is 0 Å². The summed E-state index contributed by atoms with van der Waals surface area (Å²) < 4.78 is 0. The molecular formula is C12H12NO. The number of anilines is 1. The molecule has 1 aliphatic carbocycles. The highest BCUT2D eigenvalue weighted by molar-refractivity contribution is 5.98. The van der Waals surface area contributed by atoms with Crippen LogP contribution in [0.1, 0.15) is 18.4 Å². The molecule has 1 aromatic carbocycles. The maximum absolute atomic E-state index is 11.9. The van der Waals surface area contributed by atoms with Gasteiger partial charge in [0.25, 0.3) is 0 Å². The van der Waals surface area contributed by atoms with Crippen molar-refractivity contribution in [2.24, 2.45) is 5.92 Å². The zero-order chi connectivity index (χ0) is 9.54. The van der Waals surface area contributed by atoms with E-state index in [1.165, 1.54) is 5.56 Å². The maximum Gasteiger partial charge on any atom is 0.230 e. The average Bonchev–Trinajstić information content (AvgIpc) is 2.97. The predicted molar refractivity (Wildman–Crippen MR) is 54.1 cm³/mol. The first-order chi connectivity index (χ1) is 6.86. The summed E-state index contributed by atoms with van der Waals surface area (Å²) >= 11 is 0. The summed E-state index contributed by atoms with van der Waals surface area (Å²) in [5.41, 5.74) is 2.38. The van der Waals surface area contributed by atoms with Crippen LogP contribution in [0.3, 0.4) is 0 Å². The molecule has 1 amide bonds. The zero-order valence-electron chi connectivity index (χ0n) is 7.99. The van der Waals surface area contributed by atoms with Crippen molar-refractivity contribution >= 4 is 11.6 Å². The van der Waals surface area contributed by atoms with E-state index in [0.29, 0.717) is 11.8 Å². The van der Waals surface area contributed by atoms with Crippen molar-refractivity contribution in [3.05, 3.63) is 29.8 Å². The van der Waals surface area contributed by atoms with Crippen molar-refractivity contribution < 1.29 is 4.79 Å². The van der Waals surface area contributed by atoms with Crippen LogP contribution in [0.2, 0.25) is 0 Å². The van der Waals surface area contributed by atoms with Crippen LogP contribution >= 0.6 is 0 Å². The van der Waals surface area contributed by atoms with E-state index >= 15 is 0 Å².